The van der Waals surface area contributed by atoms with E-state index in [1.165, 1.54) is 20.1 Å². The van der Waals surface area contributed by atoms with Gasteiger partial charge in [0.1, 0.15) is 0 Å². The highest BCUT2D eigenvalue weighted by atomic mass is 16.6. The molecule has 0 aromatic carbocycles. The first-order chi connectivity index (χ1) is 3.81. The second-order valence-electron chi connectivity index (χ2n) is 1.88. The summed E-state index contributed by atoms with van der Waals surface area (Å²) in [5.74, 6) is 4.35. The van der Waals surface area contributed by atoms with Gasteiger partial charge in [-0.2, -0.15) is 0 Å². The minimum Gasteiger partial charge on any atom is -0.314 e. The van der Waals surface area contributed by atoms with Crippen molar-refractivity contribution < 1.29 is 4.84 Å². The van der Waals surface area contributed by atoms with Crippen LogP contribution in [0.25, 0.3) is 0 Å². The average molecular weight is 118 g/mol. The lowest BCUT2D eigenvalue weighted by molar-refractivity contribution is 0.206. The predicted molar refractivity (Wildman–Crippen MR) is 33.3 cm³/mol. The van der Waals surface area contributed by atoms with E-state index in [2.05, 4.69) is 23.0 Å². The quantitative estimate of drug-likeness (QED) is 0.436. The van der Waals surface area contributed by atoms with Gasteiger partial charge in [-0.15, -0.1) is 0 Å². The SMILES string of the molecule is CC1CCN1.CON. The molecular weight excluding hydrogens is 104 g/mol. The Labute approximate surface area is 50.2 Å². The summed E-state index contributed by atoms with van der Waals surface area (Å²) in [5, 5.41) is 3.21. The van der Waals surface area contributed by atoms with E-state index in [-0.39, 0.29) is 0 Å². The van der Waals surface area contributed by atoms with Gasteiger partial charge in [-0.1, -0.05) is 0 Å². The van der Waals surface area contributed by atoms with Crippen LogP contribution < -0.4 is 11.2 Å². The molecule has 1 rings (SSSR count). The molecule has 1 heterocycles. The number of nitrogens with two attached hydrogens (primary N) is 1. The summed E-state index contributed by atoms with van der Waals surface area (Å²) in [6.07, 6.45) is 1.38. The molecule has 1 aliphatic heterocycles. The van der Waals surface area contributed by atoms with Crippen molar-refractivity contribution in [1.29, 1.82) is 0 Å². The highest BCUT2D eigenvalue weighted by Crippen LogP contribution is 1.96. The van der Waals surface area contributed by atoms with Crippen LogP contribution in [-0.2, 0) is 4.84 Å². The minimum atomic E-state index is 0.815. The van der Waals surface area contributed by atoms with Gasteiger partial charge in [0.25, 0.3) is 0 Å². The Balaban J connectivity index is 0.000000145. The summed E-state index contributed by atoms with van der Waals surface area (Å²) in [5.41, 5.74) is 0. The Kier molecular flexibility index (Phi) is 4.95. The van der Waals surface area contributed by atoms with Crippen LogP contribution in [0.15, 0.2) is 0 Å². The number of hydrogen-bond donors (Lipinski definition) is 2. The Morgan fingerprint density at radius 2 is 2.00 bits per heavy atom. The van der Waals surface area contributed by atoms with Crippen molar-refractivity contribution in [2.24, 2.45) is 5.90 Å². The van der Waals surface area contributed by atoms with Crippen molar-refractivity contribution in [3.63, 3.8) is 0 Å². The lowest BCUT2D eigenvalue weighted by Crippen LogP contribution is -2.39. The summed E-state index contributed by atoms with van der Waals surface area (Å²) in [4.78, 5) is 3.75. The first-order valence-corrected chi connectivity index (χ1v) is 2.77. The first kappa shape index (κ1) is 7.88. The third kappa shape index (κ3) is 4.05. The zero-order valence-corrected chi connectivity index (χ0v) is 5.48. The second kappa shape index (κ2) is 5.03. The summed E-state index contributed by atoms with van der Waals surface area (Å²) in [6, 6.07) is 0.815. The molecule has 0 saturated carbocycles. The fourth-order valence-electron chi connectivity index (χ4n) is 0.433. The molecular formula is C5H14N2O. The molecule has 8 heavy (non-hydrogen) atoms. The van der Waals surface area contributed by atoms with E-state index in [0.29, 0.717) is 0 Å². The summed E-state index contributed by atoms with van der Waals surface area (Å²) in [6.45, 7) is 3.44. The lowest BCUT2D eigenvalue weighted by Gasteiger charge is -2.22. The van der Waals surface area contributed by atoms with E-state index in [9.17, 15) is 0 Å². The molecule has 0 aliphatic carbocycles. The minimum absolute atomic E-state index is 0.815. The van der Waals surface area contributed by atoms with E-state index >= 15 is 0 Å². The van der Waals surface area contributed by atoms with Crippen LogP contribution in [0.4, 0.5) is 0 Å². The van der Waals surface area contributed by atoms with Gasteiger partial charge >= 0.3 is 0 Å². The molecule has 1 atom stereocenters. The van der Waals surface area contributed by atoms with Crippen molar-refractivity contribution in [2.75, 3.05) is 13.7 Å². The van der Waals surface area contributed by atoms with E-state index in [0.717, 1.165) is 6.04 Å². The maximum Gasteiger partial charge on any atom is 0.0569 e. The maximum atomic E-state index is 4.35. The van der Waals surface area contributed by atoms with Crippen molar-refractivity contribution in [2.45, 2.75) is 19.4 Å². The number of nitrogens with one attached hydrogen (secondary N) is 1. The van der Waals surface area contributed by atoms with Crippen LogP contribution >= 0.6 is 0 Å². The van der Waals surface area contributed by atoms with Crippen LogP contribution in [0.5, 0.6) is 0 Å². The van der Waals surface area contributed by atoms with Crippen LogP contribution in [0.3, 0.4) is 0 Å². The summed E-state index contributed by atoms with van der Waals surface area (Å²) < 4.78 is 0. The number of rotatable bonds is 0. The van der Waals surface area contributed by atoms with E-state index < -0.39 is 0 Å². The molecule has 0 aromatic rings. The molecule has 0 amide bonds. The van der Waals surface area contributed by atoms with Gasteiger partial charge in [0.15, 0.2) is 0 Å². The van der Waals surface area contributed by atoms with Gasteiger partial charge in [0.2, 0.25) is 0 Å². The maximum absolute atomic E-state index is 4.35. The monoisotopic (exact) mass is 118 g/mol. The molecule has 1 fully saturated rings. The second-order valence-corrected chi connectivity index (χ2v) is 1.88. The molecule has 1 aliphatic rings. The Hall–Kier alpha value is -0.120. The molecule has 0 spiro atoms. The first-order valence-electron chi connectivity index (χ1n) is 2.77. The van der Waals surface area contributed by atoms with Gasteiger partial charge < -0.3 is 10.2 Å². The van der Waals surface area contributed by atoms with Gasteiger partial charge in [-0.05, 0) is 19.9 Å². The third-order valence-corrected chi connectivity index (χ3v) is 1.07. The van der Waals surface area contributed by atoms with E-state index in [1.807, 2.05) is 0 Å². The molecule has 0 bridgehead atoms. The zero-order valence-electron chi connectivity index (χ0n) is 5.48. The fourth-order valence-corrected chi connectivity index (χ4v) is 0.433. The molecule has 1 saturated heterocycles. The molecule has 3 heteroatoms. The Morgan fingerprint density at radius 3 is 2.00 bits per heavy atom. The van der Waals surface area contributed by atoms with E-state index in [4.69, 9.17) is 0 Å². The van der Waals surface area contributed by atoms with E-state index in [1.54, 1.807) is 0 Å². The van der Waals surface area contributed by atoms with Crippen LogP contribution in [0.1, 0.15) is 13.3 Å². The smallest absolute Gasteiger partial charge is 0.0569 e. The van der Waals surface area contributed by atoms with Crippen LogP contribution in [-0.4, -0.2) is 19.7 Å². The third-order valence-electron chi connectivity index (χ3n) is 1.07. The van der Waals surface area contributed by atoms with Gasteiger partial charge in [-0.25, -0.2) is 5.90 Å². The Morgan fingerprint density at radius 1 is 1.75 bits per heavy atom. The highest BCUT2D eigenvalue weighted by Gasteiger charge is 2.07. The Bertz CT molecular complexity index is 45.7. The molecule has 1 unspecified atom stereocenters. The standard InChI is InChI=1S/C4H9N.CH5NO/c1-4-2-3-5-4;1-3-2/h4-5H,2-3H2,1H3;2H2,1H3. The van der Waals surface area contributed by atoms with Gasteiger partial charge in [0, 0.05) is 6.04 Å². The predicted octanol–water partition coefficient (Wildman–Crippen LogP) is -0.125. The topological polar surface area (TPSA) is 47.3 Å². The van der Waals surface area contributed by atoms with Crippen molar-refractivity contribution in [1.82, 2.24) is 5.32 Å². The lowest BCUT2D eigenvalue weighted by atomic mass is 10.1. The molecule has 50 valence electrons. The fraction of sp³-hybridized carbons (Fsp3) is 1.00. The largest absolute Gasteiger partial charge is 0.314 e. The molecule has 3 nitrogen and oxygen atoms in total. The number of hydrogen-bond acceptors (Lipinski definition) is 3. The molecule has 0 radical (unpaired) electrons. The van der Waals surface area contributed by atoms with Gasteiger partial charge in [0.05, 0.1) is 7.11 Å². The van der Waals surface area contributed by atoms with Crippen molar-refractivity contribution in [3.05, 3.63) is 0 Å². The van der Waals surface area contributed by atoms with Gasteiger partial charge in [-0.3, -0.25) is 0 Å². The van der Waals surface area contributed by atoms with Crippen LogP contribution in [0, 0.1) is 0 Å². The molecule has 3 N–H and O–H groups in total. The zero-order chi connectivity index (χ0) is 6.41. The van der Waals surface area contributed by atoms with Crippen LogP contribution in [0.2, 0.25) is 0 Å². The normalized spacial score (nSPS) is 25.1. The van der Waals surface area contributed by atoms with Crippen molar-refractivity contribution in [3.8, 4) is 0 Å². The molecule has 0 aromatic heterocycles. The summed E-state index contributed by atoms with van der Waals surface area (Å²) in [7, 11) is 1.40. The average Bonchev–Trinajstić information content (AvgIpc) is 1.64. The summed E-state index contributed by atoms with van der Waals surface area (Å²) >= 11 is 0. The highest BCUT2D eigenvalue weighted by molar-refractivity contribution is 4.70. The van der Waals surface area contributed by atoms with Crippen molar-refractivity contribution >= 4 is 0 Å².